The Hall–Kier alpha value is -1.78. The highest BCUT2D eigenvalue weighted by molar-refractivity contribution is 5.76. The molecule has 0 unspecified atom stereocenters. The van der Waals surface area contributed by atoms with E-state index in [0.29, 0.717) is 18.7 Å². The van der Waals surface area contributed by atoms with Crippen LogP contribution in [-0.4, -0.2) is 28.5 Å². The van der Waals surface area contributed by atoms with Crippen molar-refractivity contribution in [3.8, 4) is 0 Å². The van der Waals surface area contributed by atoms with Crippen LogP contribution in [0.15, 0.2) is 23.1 Å². The molecule has 0 atom stereocenters. The van der Waals surface area contributed by atoms with Crippen LogP contribution in [0, 0.1) is 0 Å². The summed E-state index contributed by atoms with van der Waals surface area (Å²) in [5, 5.41) is 0. The van der Waals surface area contributed by atoms with E-state index in [2.05, 4.69) is 0 Å². The highest BCUT2D eigenvalue weighted by Crippen LogP contribution is 2.11. The van der Waals surface area contributed by atoms with Crippen molar-refractivity contribution in [2.24, 2.45) is 0 Å². The number of amides is 1. The van der Waals surface area contributed by atoms with Crippen molar-refractivity contribution in [1.82, 2.24) is 9.47 Å². The van der Waals surface area contributed by atoms with E-state index in [-0.39, 0.29) is 11.5 Å². The van der Waals surface area contributed by atoms with Crippen LogP contribution in [0.1, 0.15) is 32.1 Å². The van der Waals surface area contributed by atoms with Gasteiger partial charge in [-0.3, -0.25) is 9.59 Å². The van der Waals surface area contributed by atoms with Gasteiger partial charge in [0.1, 0.15) is 0 Å². The van der Waals surface area contributed by atoms with Crippen LogP contribution in [0.5, 0.6) is 0 Å². The molecule has 1 saturated heterocycles. The van der Waals surface area contributed by atoms with Crippen LogP contribution in [0.3, 0.4) is 0 Å². The average Bonchev–Trinajstić information content (AvgIpc) is 2.59. The van der Waals surface area contributed by atoms with Crippen LogP contribution >= 0.6 is 0 Å². The van der Waals surface area contributed by atoms with Crippen molar-refractivity contribution in [2.75, 3.05) is 18.8 Å². The molecule has 2 N–H and O–H groups in total. The number of hydrogen-bond acceptors (Lipinski definition) is 3. The number of carbonyl (C=O) groups excluding carboxylic acids is 1. The molecule has 5 nitrogen and oxygen atoms in total. The molecule has 1 aromatic rings. The molecule has 1 amide bonds. The number of carbonyl (C=O) groups is 1. The lowest BCUT2D eigenvalue weighted by molar-refractivity contribution is -0.130. The van der Waals surface area contributed by atoms with E-state index in [1.165, 1.54) is 6.07 Å². The Morgan fingerprint density at radius 1 is 1.11 bits per heavy atom. The fourth-order valence-electron chi connectivity index (χ4n) is 2.43. The van der Waals surface area contributed by atoms with E-state index in [1.807, 2.05) is 4.90 Å². The van der Waals surface area contributed by atoms with E-state index in [4.69, 9.17) is 5.73 Å². The molecule has 0 bridgehead atoms. The maximum atomic E-state index is 11.8. The molecule has 1 aliphatic rings. The van der Waals surface area contributed by atoms with Gasteiger partial charge in [-0.2, -0.15) is 0 Å². The maximum Gasteiger partial charge on any atom is 0.250 e. The van der Waals surface area contributed by atoms with E-state index < -0.39 is 0 Å². The Morgan fingerprint density at radius 3 is 2.79 bits per heavy atom. The number of aromatic nitrogens is 1. The third kappa shape index (κ3) is 3.84. The second-order valence-corrected chi connectivity index (χ2v) is 5.04. The smallest absolute Gasteiger partial charge is 0.250 e. The minimum Gasteiger partial charge on any atom is -0.398 e. The summed E-state index contributed by atoms with van der Waals surface area (Å²) in [6.45, 7) is 2.18. The van der Waals surface area contributed by atoms with Gasteiger partial charge in [0.05, 0.1) is 0 Å². The predicted molar refractivity (Wildman–Crippen MR) is 74.8 cm³/mol. The molecule has 5 heteroatoms. The van der Waals surface area contributed by atoms with Gasteiger partial charge in [0.15, 0.2) is 0 Å². The lowest BCUT2D eigenvalue weighted by atomic mass is 10.2. The van der Waals surface area contributed by atoms with Gasteiger partial charge in [0.25, 0.3) is 5.56 Å². The average molecular weight is 263 g/mol. The number of anilines is 1. The molecule has 19 heavy (non-hydrogen) atoms. The summed E-state index contributed by atoms with van der Waals surface area (Å²) >= 11 is 0. The number of nitrogens with zero attached hydrogens (tertiary/aromatic N) is 2. The number of likely N-dealkylation sites (tertiary alicyclic amines) is 1. The van der Waals surface area contributed by atoms with Crippen LogP contribution < -0.4 is 11.3 Å². The zero-order valence-electron chi connectivity index (χ0n) is 11.2. The Labute approximate surface area is 113 Å². The fraction of sp³-hybridized carbons (Fsp3) is 0.571. The van der Waals surface area contributed by atoms with Gasteiger partial charge in [-0.1, -0.05) is 6.42 Å². The Bertz CT molecular complexity index is 496. The molecule has 0 aliphatic carbocycles. The van der Waals surface area contributed by atoms with Gasteiger partial charge in [0.2, 0.25) is 5.91 Å². The maximum absolute atomic E-state index is 11.8. The van der Waals surface area contributed by atoms with Crippen LogP contribution in [0.4, 0.5) is 5.69 Å². The number of pyridine rings is 1. The third-order valence-corrected chi connectivity index (χ3v) is 3.50. The van der Waals surface area contributed by atoms with Crippen LogP contribution in [0.2, 0.25) is 0 Å². The lowest BCUT2D eigenvalue weighted by Gasteiger charge is -2.20. The van der Waals surface area contributed by atoms with Crippen LogP contribution in [0.25, 0.3) is 0 Å². The molecule has 1 fully saturated rings. The molecule has 1 aliphatic heterocycles. The first-order valence-corrected chi connectivity index (χ1v) is 6.90. The summed E-state index contributed by atoms with van der Waals surface area (Å²) in [5.74, 6) is 0.248. The molecule has 0 spiro atoms. The van der Waals surface area contributed by atoms with E-state index in [9.17, 15) is 9.59 Å². The minimum atomic E-state index is -0.0450. The van der Waals surface area contributed by atoms with Gasteiger partial charge in [-0.05, 0) is 25.3 Å². The zero-order chi connectivity index (χ0) is 13.7. The fourth-order valence-corrected chi connectivity index (χ4v) is 2.43. The monoisotopic (exact) mass is 263 g/mol. The van der Waals surface area contributed by atoms with Crippen molar-refractivity contribution in [3.05, 3.63) is 28.7 Å². The summed E-state index contributed by atoms with van der Waals surface area (Å²) < 4.78 is 1.61. The second-order valence-electron chi connectivity index (χ2n) is 5.04. The summed E-state index contributed by atoms with van der Waals surface area (Å²) in [6, 6.07) is 3.09. The Morgan fingerprint density at radius 2 is 1.95 bits per heavy atom. The normalized spacial score (nSPS) is 16.4. The van der Waals surface area contributed by atoms with Crippen molar-refractivity contribution < 1.29 is 4.79 Å². The van der Waals surface area contributed by atoms with E-state index in [0.717, 1.165) is 38.8 Å². The molecule has 0 aromatic carbocycles. The summed E-state index contributed by atoms with van der Waals surface area (Å²) in [6.07, 6.45) is 6.34. The van der Waals surface area contributed by atoms with Crippen LogP contribution in [-0.2, 0) is 11.3 Å². The summed E-state index contributed by atoms with van der Waals surface area (Å²) in [5.41, 5.74) is 6.20. The minimum absolute atomic E-state index is 0.0450. The molecular formula is C14H21N3O2. The SMILES string of the molecule is Nc1ccc(=O)n(CCCN2CCCCCC2=O)c1. The number of aryl methyl sites for hydroxylation is 1. The van der Waals surface area contributed by atoms with Crippen molar-refractivity contribution >= 4 is 11.6 Å². The third-order valence-electron chi connectivity index (χ3n) is 3.50. The first-order chi connectivity index (χ1) is 9.16. The number of nitrogen functional groups attached to an aromatic ring is 1. The van der Waals surface area contributed by atoms with Gasteiger partial charge in [-0.25, -0.2) is 0 Å². The Kier molecular flexibility index (Phi) is 4.60. The van der Waals surface area contributed by atoms with Gasteiger partial charge < -0.3 is 15.2 Å². The Balaban J connectivity index is 1.87. The molecule has 1 aromatic heterocycles. The lowest BCUT2D eigenvalue weighted by Crippen LogP contribution is -2.32. The summed E-state index contributed by atoms with van der Waals surface area (Å²) in [4.78, 5) is 25.3. The second kappa shape index (κ2) is 6.41. The van der Waals surface area contributed by atoms with Gasteiger partial charge in [0, 0.05) is 44.0 Å². The number of rotatable bonds is 4. The first-order valence-electron chi connectivity index (χ1n) is 6.90. The molecule has 0 radical (unpaired) electrons. The van der Waals surface area contributed by atoms with Gasteiger partial charge in [-0.15, -0.1) is 0 Å². The first kappa shape index (κ1) is 13.6. The van der Waals surface area contributed by atoms with Crippen molar-refractivity contribution in [1.29, 1.82) is 0 Å². The number of nitrogens with two attached hydrogens (primary N) is 1. The standard InChI is InChI=1S/C14H21N3O2/c15-12-6-7-14(19)17(11-12)10-4-9-16-8-3-1-2-5-13(16)18/h6-7,11H,1-5,8-10,15H2. The molecule has 2 heterocycles. The molecule has 0 saturated carbocycles. The van der Waals surface area contributed by atoms with Gasteiger partial charge >= 0.3 is 0 Å². The molecule has 2 rings (SSSR count). The van der Waals surface area contributed by atoms with E-state index >= 15 is 0 Å². The highest BCUT2D eigenvalue weighted by Gasteiger charge is 2.15. The summed E-state index contributed by atoms with van der Waals surface area (Å²) in [7, 11) is 0. The van der Waals surface area contributed by atoms with Crippen molar-refractivity contribution in [3.63, 3.8) is 0 Å². The zero-order valence-corrected chi connectivity index (χ0v) is 11.2. The molecular weight excluding hydrogens is 242 g/mol. The largest absolute Gasteiger partial charge is 0.398 e. The molecule has 104 valence electrons. The van der Waals surface area contributed by atoms with E-state index in [1.54, 1.807) is 16.8 Å². The number of hydrogen-bond donors (Lipinski definition) is 1. The highest BCUT2D eigenvalue weighted by atomic mass is 16.2. The quantitative estimate of drug-likeness (QED) is 0.888. The van der Waals surface area contributed by atoms with Crippen molar-refractivity contribution in [2.45, 2.75) is 38.6 Å². The topological polar surface area (TPSA) is 68.3 Å². The predicted octanol–water partition coefficient (Wildman–Crippen LogP) is 1.22.